The smallest absolute Gasteiger partial charge is 0.203 e. The Morgan fingerprint density at radius 3 is 1.83 bits per heavy atom. The topological polar surface area (TPSA) is 0 Å². The average Bonchev–Trinajstić information content (AvgIpc) is 2.26. The highest BCUT2D eigenvalue weighted by atomic mass is 35.7. The number of hydrogen-bond acceptors (Lipinski definition) is 0. The number of rotatable bonds is 4. The molecule has 0 heterocycles. The monoisotopic (exact) mass is 316 g/mol. The molecule has 0 aliphatic rings. The van der Waals surface area contributed by atoms with E-state index >= 15 is 0 Å². The fraction of sp³-hybridized carbons (Fsp3) is 0.273. The second-order valence-electron chi connectivity index (χ2n) is 3.92. The molecule has 1 rings (SSSR count). The Kier molecular flexibility index (Phi) is 4.86. The van der Waals surface area contributed by atoms with E-state index in [1.807, 2.05) is 0 Å². The van der Waals surface area contributed by atoms with Crippen molar-refractivity contribution in [1.29, 1.82) is 0 Å². The predicted octanol–water partition coefficient (Wildman–Crippen LogP) is 4.98. The highest BCUT2D eigenvalue weighted by molar-refractivity contribution is 7.44. The van der Waals surface area contributed by atoms with Crippen LogP contribution in [0.25, 0.3) is 6.08 Å². The summed E-state index contributed by atoms with van der Waals surface area (Å²) in [5, 5.41) is 0. The third kappa shape index (κ3) is 3.27. The fourth-order valence-corrected chi connectivity index (χ4v) is 2.69. The molecule has 100 valence electrons. The molecule has 0 N–H and O–H groups in total. The third-order valence-electron chi connectivity index (χ3n) is 2.41. The van der Waals surface area contributed by atoms with Crippen LogP contribution in [0.3, 0.4) is 0 Å². The van der Waals surface area contributed by atoms with E-state index in [9.17, 15) is 17.6 Å². The number of halogens is 6. The Morgan fingerprint density at radius 1 is 1.06 bits per heavy atom. The molecule has 1 aromatic carbocycles. The van der Waals surface area contributed by atoms with Crippen molar-refractivity contribution in [1.82, 2.24) is 0 Å². The van der Waals surface area contributed by atoms with E-state index in [-0.39, 0.29) is 12.5 Å². The van der Waals surface area contributed by atoms with Crippen molar-refractivity contribution in [3.63, 3.8) is 0 Å². The number of hydrogen-bond donors (Lipinski definition) is 0. The molecule has 0 spiro atoms. The van der Waals surface area contributed by atoms with Crippen molar-refractivity contribution in [3.8, 4) is 0 Å². The SMILES string of the molecule is C=Cc1c(F)c(F)c(CC[Si](C)(Cl)Cl)c(F)c1F. The van der Waals surface area contributed by atoms with Crippen molar-refractivity contribution in [2.75, 3.05) is 0 Å². The van der Waals surface area contributed by atoms with Gasteiger partial charge in [-0.1, -0.05) is 12.7 Å². The van der Waals surface area contributed by atoms with Crippen molar-refractivity contribution in [2.24, 2.45) is 0 Å². The maximum absolute atomic E-state index is 13.6. The summed E-state index contributed by atoms with van der Waals surface area (Å²) in [4.78, 5) is 0. The van der Waals surface area contributed by atoms with Crippen LogP contribution < -0.4 is 0 Å². The quantitative estimate of drug-likeness (QED) is 0.318. The van der Waals surface area contributed by atoms with Gasteiger partial charge in [0.2, 0.25) is 6.69 Å². The lowest BCUT2D eigenvalue weighted by molar-refractivity contribution is 0.438. The fourth-order valence-electron chi connectivity index (χ4n) is 1.44. The molecule has 0 bridgehead atoms. The summed E-state index contributed by atoms with van der Waals surface area (Å²) < 4.78 is 54.0. The standard InChI is InChI=1S/C11H10Cl2F4Si/c1-3-6-8(14)10(16)7(11(17)9(6)15)4-5-18(2,12)13/h3H,1,4-5H2,2H3. The van der Waals surface area contributed by atoms with Crippen LogP contribution in [0.15, 0.2) is 6.58 Å². The zero-order valence-electron chi connectivity index (χ0n) is 9.47. The van der Waals surface area contributed by atoms with E-state index in [1.54, 1.807) is 6.55 Å². The van der Waals surface area contributed by atoms with Crippen LogP contribution in [0.1, 0.15) is 11.1 Å². The molecule has 0 nitrogen and oxygen atoms in total. The van der Waals surface area contributed by atoms with Crippen LogP contribution in [0, 0.1) is 23.3 Å². The summed E-state index contributed by atoms with van der Waals surface area (Å²) in [5.74, 6) is -5.75. The molecule has 0 saturated carbocycles. The molecule has 18 heavy (non-hydrogen) atoms. The lowest BCUT2D eigenvalue weighted by atomic mass is 10.1. The maximum atomic E-state index is 13.6. The Morgan fingerprint density at radius 2 is 1.50 bits per heavy atom. The van der Waals surface area contributed by atoms with E-state index in [1.165, 1.54) is 0 Å². The van der Waals surface area contributed by atoms with Gasteiger partial charge in [0, 0.05) is 5.56 Å². The van der Waals surface area contributed by atoms with Gasteiger partial charge in [-0.2, -0.15) is 0 Å². The van der Waals surface area contributed by atoms with Crippen LogP contribution in [0.5, 0.6) is 0 Å². The lowest BCUT2D eigenvalue weighted by Gasteiger charge is -2.13. The zero-order valence-corrected chi connectivity index (χ0v) is 12.0. The largest absolute Gasteiger partial charge is 0.248 e. The van der Waals surface area contributed by atoms with Crippen molar-refractivity contribution in [3.05, 3.63) is 41.0 Å². The van der Waals surface area contributed by atoms with Crippen molar-refractivity contribution in [2.45, 2.75) is 19.0 Å². The molecule has 0 aromatic heterocycles. The van der Waals surface area contributed by atoms with Gasteiger partial charge in [-0.05, 0) is 19.0 Å². The van der Waals surface area contributed by atoms with Gasteiger partial charge in [-0.25, -0.2) is 17.6 Å². The maximum Gasteiger partial charge on any atom is 0.248 e. The summed E-state index contributed by atoms with van der Waals surface area (Å²) in [6.45, 7) is 2.06. The van der Waals surface area contributed by atoms with E-state index in [2.05, 4.69) is 6.58 Å². The lowest BCUT2D eigenvalue weighted by Crippen LogP contribution is -2.15. The highest BCUT2D eigenvalue weighted by Crippen LogP contribution is 2.29. The van der Waals surface area contributed by atoms with Gasteiger partial charge in [-0.15, -0.1) is 22.2 Å². The van der Waals surface area contributed by atoms with Crippen LogP contribution in [-0.2, 0) is 6.42 Å². The first-order valence-corrected chi connectivity index (χ1v) is 9.77. The molecule has 0 aliphatic heterocycles. The molecule has 0 unspecified atom stereocenters. The van der Waals surface area contributed by atoms with Crippen molar-refractivity contribution >= 4 is 34.9 Å². The molecule has 1 aromatic rings. The second kappa shape index (κ2) is 5.63. The minimum atomic E-state index is -2.60. The van der Waals surface area contributed by atoms with E-state index in [4.69, 9.17) is 22.2 Å². The Hall–Kier alpha value is -0.523. The van der Waals surface area contributed by atoms with Gasteiger partial charge in [0.25, 0.3) is 0 Å². The molecule has 0 radical (unpaired) electrons. The van der Waals surface area contributed by atoms with Crippen LogP contribution in [0.2, 0.25) is 12.6 Å². The van der Waals surface area contributed by atoms with Gasteiger partial charge in [0.1, 0.15) is 0 Å². The molecule has 0 saturated heterocycles. The summed E-state index contributed by atoms with van der Waals surface area (Å²) in [5.41, 5.74) is -1.49. The predicted molar refractivity (Wildman–Crippen MR) is 68.2 cm³/mol. The number of benzene rings is 1. The third-order valence-corrected chi connectivity index (χ3v) is 4.67. The summed E-state index contributed by atoms with van der Waals surface area (Å²) >= 11 is 11.6. The van der Waals surface area contributed by atoms with E-state index in [0.29, 0.717) is 0 Å². The first-order valence-electron chi connectivity index (χ1n) is 5.04. The molecule has 7 heteroatoms. The summed E-state index contributed by atoms with van der Waals surface area (Å²) in [6, 6.07) is 0.0935. The molecular formula is C11H10Cl2F4Si. The normalized spacial score (nSPS) is 11.7. The van der Waals surface area contributed by atoms with Crippen molar-refractivity contribution < 1.29 is 17.6 Å². The molecule has 0 amide bonds. The Bertz CT molecular complexity index is 454. The molecular weight excluding hydrogens is 307 g/mol. The molecule has 0 aliphatic carbocycles. The minimum Gasteiger partial charge on any atom is -0.203 e. The van der Waals surface area contributed by atoms with Crippen LogP contribution >= 0.6 is 22.2 Å². The van der Waals surface area contributed by atoms with Gasteiger partial charge >= 0.3 is 0 Å². The first-order chi connectivity index (χ1) is 8.19. The van der Waals surface area contributed by atoms with Gasteiger partial charge in [0.15, 0.2) is 23.3 Å². The van der Waals surface area contributed by atoms with Gasteiger partial charge < -0.3 is 0 Å². The summed E-state index contributed by atoms with van der Waals surface area (Å²) in [6.07, 6.45) is 0.473. The van der Waals surface area contributed by atoms with Crippen LogP contribution in [-0.4, -0.2) is 6.69 Å². The van der Waals surface area contributed by atoms with E-state index in [0.717, 1.165) is 6.08 Å². The van der Waals surface area contributed by atoms with Gasteiger partial charge in [-0.3, -0.25) is 0 Å². The minimum absolute atomic E-state index is 0.0935. The van der Waals surface area contributed by atoms with E-state index < -0.39 is 41.1 Å². The second-order valence-corrected chi connectivity index (χ2v) is 12.1. The highest BCUT2D eigenvalue weighted by Gasteiger charge is 2.27. The Balaban J connectivity index is 3.25. The average molecular weight is 317 g/mol. The summed E-state index contributed by atoms with van der Waals surface area (Å²) in [7, 11) is 0. The Labute approximate surface area is 113 Å². The molecule has 0 atom stereocenters. The van der Waals surface area contributed by atoms with Crippen LogP contribution in [0.4, 0.5) is 17.6 Å². The zero-order chi connectivity index (χ0) is 14.1. The molecule has 0 fully saturated rings. The first kappa shape index (κ1) is 15.5. The van der Waals surface area contributed by atoms with Gasteiger partial charge in [0.05, 0.1) is 5.56 Å².